The van der Waals surface area contributed by atoms with Crippen molar-refractivity contribution >= 4 is 27.5 Å². The highest BCUT2D eigenvalue weighted by Gasteiger charge is 2.15. The Morgan fingerprint density at radius 2 is 1.90 bits per heavy atom. The fourth-order valence-corrected chi connectivity index (χ4v) is 2.51. The normalized spacial score (nSPS) is 11.9. The van der Waals surface area contributed by atoms with E-state index in [4.69, 9.17) is 5.73 Å². The first-order valence-electron chi connectivity index (χ1n) is 6.40. The summed E-state index contributed by atoms with van der Waals surface area (Å²) >= 11 is 3.37. The van der Waals surface area contributed by atoms with E-state index >= 15 is 0 Å². The van der Waals surface area contributed by atoms with E-state index in [9.17, 15) is 4.79 Å². The summed E-state index contributed by atoms with van der Waals surface area (Å²) in [7, 11) is 0. The molecule has 1 amide bonds. The van der Waals surface area contributed by atoms with E-state index in [1.165, 1.54) is 0 Å². The third kappa shape index (κ3) is 3.20. The number of nitrogens with two attached hydrogens (primary N) is 1. The smallest absolute Gasteiger partial charge is 0.252 e. The topological polar surface area (TPSA) is 55.1 Å². The van der Waals surface area contributed by atoms with Crippen LogP contribution in [-0.2, 0) is 0 Å². The van der Waals surface area contributed by atoms with Crippen molar-refractivity contribution < 1.29 is 4.79 Å². The molecule has 0 aliphatic heterocycles. The fraction of sp³-hybridized carbons (Fsp3) is 0.188. The Kier molecular flexibility index (Phi) is 4.45. The minimum Gasteiger partial charge on any atom is -0.398 e. The lowest BCUT2D eigenvalue weighted by Crippen LogP contribution is -2.27. The lowest BCUT2D eigenvalue weighted by Gasteiger charge is -2.16. The molecule has 2 aromatic rings. The minimum atomic E-state index is -0.119. The first-order valence-corrected chi connectivity index (χ1v) is 7.19. The second-order valence-electron chi connectivity index (χ2n) is 4.77. The second-order valence-corrected chi connectivity index (χ2v) is 5.69. The summed E-state index contributed by atoms with van der Waals surface area (Å²) in [6.07, 6.45) is 0. The van der Waals surface area contributed by atoms with E-state index in [0.717, 1.165) is 15.6 Å². The van der Waals surface area contributed by atoms with Gasteiger partial charge in [-0.1, -0.05) is 46.3 Å². The van der Waals surface area contributed by atoms with Crippen LogP contribution in [0.4, 0.5) is 5.69 Å². The van der Waals surface area contributed by atoms with Gasteiger partial charge in [0.05, 0.1) is 6.04 Å². The number of carbonyl (C=O) groups is 1. The van der Waals surface area contributed by atoms with Crippen LogP contribution >= 0.6 is 15.9 Å². The molecule has 0 aliphatic carbocycles. The first kappa shape index (κ1) is 14.6. The number of carbonyl (C=O) groups excluding carboxylic acids is 1. The van der Waals surface area contributed by atoms with E-state index in [2.05, 4.69) is 21.2 Å². The molecule has 4 heteroatoms. The number of hydrogen-bond donors (Lipinski definition) is 2. The zero-order valence-electron chi connectivity index (χ0n) is 11.5. The van der Waals surface area contributed by atoms with Gasteiger partial charge in [0.2, 0.25) is 0 Å². The molecule has 104 valence electrons. The third-order valence-corrected chi connectivity index (χ3v) is 3.76. The average molecular weight is 333 g/mol. The summed E-state index contributed by atoms with van der Waals surface area (Å²) < 4.78 is 0.804. The van der Waals surface area contributed by atoms with Gasteiger partial charge in [-0.25, -0.2) is 0 Å². The zero-order valence-corrected chi connectivity index (χ0v) is 13.1. The van der Waals surface area contributed by atoms with Crippen LogP contribution in [0.25, 0.3) is 0 Å². The van der Waals surface area contributed by atoms with Crippen LogP contribution in [0.3, 0.4) is 0 Å². The van der Waals surface area contributed by atoms with Crippen LogP contribution in [-0.4, -0.2) is 5.91 Å². The van der Waals surface area contributed by atoms with Gasteiger partial charge in [0.25, 0.3) is 5.91 Å². The summed E-state index contributed by atoms with van der Waals surface area (Å²) in [5.74, 6) is -0.119. The Morgan fingerprint density at radius 3 is 2.55 bits per heavy atom. The van der Waals surface area contributed by atoms with Gasteiger partial charge < -0.3 is 11.1 Å². The maximum Gasteiger partial charge on any atom is 0.252 e. The van der Waals surface area contributed by atoms with Gasteiger partial charge in [-0.2, -0.15) is 0 Å². The number of hydrogen-bond acceptors (Lipinski definition) is 2. The lowest BCUT2D eigenvalue weighted by molar-refractivity contribution is 0.0939. The van der Waals surface area contributed by atoms with Crippen LogP contribution in [0.2, 0.25) is 0 Å². The molecule has 3 N–H and O–H groups in total. The van der Waals surface area contributed by atoms with E-state index in [1.807, 2.05) is 44.2 Å². The summed E-state index contributed by atoms with van der Waals surface area (Å²) in [6, 6.07) is 13.4. The average Bonchev–Trinajstić information content (AvgIpc) is 2.43. The van der Waals surface area contributed by atoms with E-state index in [-0.39, 0.29) is 11.9 Å². The summed E-state index contributed by atoms with van der Waals surface area (Å²) in [5.41, 5.74) is 8.96. The number of amides is 1. The van der Waals surface area contributed by atoms with Crippen LogP contribution in [0, 0.1) is 6.92 Å². The largest absolute Gasteiger partial charge is 0.398 e. The molecule has 0 spiro atoms. The minimum absolute atomic E-state index is 0.0525. The fourth-order valence-electron chi connectivity index (χ4n) is 2.04. The molecule has 0 fully saturated rings. The molecule has 0 saturated heterocycles. The number of anilines is 1. The number of rotatable bonds is 3. The molecule has 0 unspecified atom stereocenters. The number of nitrogen functional groups attached to an aromatic ring is 1. The third-order valence-electron chi connectivity index (χ3n) is 3.30. The number of benzene rings is 2. The van der Waals surface area contributed by atoms with Crippen LogP contribution in [0.1, 0.15) is 34.5 Å². The second kappa shape index (κ2) is 6.09. The van der Waals surface area contributed by atoms with Gasteiger partial charge in [0.15, 0.2) is 0 Å². The van der Waals surface area contributed by atoms with Crippen molar-refractivity contribution in [3.05, 3.63) is 63.6 Å². The molecule has 2 rings (SSSR count). The molecular weight excluding hydrogens is 316 g/mol. The van der Waals surface area contributed by atoms with Crippen LogP contribution in [0.15, 0.2) is 46.9 Å². The van der Waals surface area contributed by atoms with Crippen molar-refractivity contribution in [2.45, 2.75) is 19.9 Å². The molecule has 1 atom stereocenters. The molecule has 0 heterocycles. The summed E-state index contributed by atoms with van der Waals surface area (Å²) in [6.45, 7) is 3.81. The molecule has 0 radical (unpaired) electrons. The predicted molar refractivity (Wildman–Crippen MR) is 85.6 cm³/mol. The maximum absolute atomic E-state index is 12.4. The van der Waals surface area contributed by atoms with Crippen LogP contribution in [0.5, 0.6) is 0 Å². The van der Waals surface area contributed by atoms with Crippen molar-refractivity contribution in [3.63, 3.8) is 0 Å². The van der Waals surface area contributed by atoms with Gasteiger partial charge in [-0.05, 0) is 37.1 Å². The Balaban J connectivity index is 2.21. The van der Waals surface area contributed by atoms with E-state index in [0.29, 0.717) is 11.3 Å². The lowest BCUT2D eigenvalue weighted by atomic mass is 10.0. The highest BCUT2D eigenvalue weighted by atomic mass is 79.9. The molecule has 0 aromatic heterocycles. The van der Waals surface area contributed by atoms with Crippen LogP contribution < -0.4 is 11.1 Å². The maximum atomic E-state index is 12.4. The van der Waals surface area contributed by atoms with Gasteiger partial charge in [-0.3, -0.25) is 4.79 Å². The number of nitrogens with one attached hydrogen (secondary N) is 1. The molecule has 0 bridgehead atoms. The first-order chi connectivity index (χ1) is 9.49. The van der Waals surface area contributed by atoms with Gasteiger partial charge in [-0.15, -0.1) is 0 Å². The van der Waals surface area contributed by atoms with Crippen molar-refractivity contribution in [2.75, 3.05) is 5.73 Å². The zero-order chi connectivity index (χ0) is 14.7. The molecular formula is C16H17BrN2O. The molecule has 0 aliphatic rings. The Bertz CT molecular complexity index is 626. The van der Waals surface area contributed by atoms with Crippen molar-refractivity contribution in [3.8, 4) is 0 Å². The highest BCUT2D eigenvalue weighted by Crippen LogP contribution is 2.23. The summed E-state index contributed by atoms with van der Waals surface area (Å²) in [4.78, 5) is 12.4. The Morgan fingerprint density at radius 1 is 1.25 bits per heavy atom. The molecule has 0 saturated carbocycles. The molecule has 2 aromatic carbocycles. The predicted octanol–water partition coefficient (Wildman–Crippen LogP) is 3.83. The molecule has 3 nitrogen and oxygen atoms in total. The van der Waals surface area contributed by atoms with Gasteiger partial charge in [0, 0.05) is 15.7 Å². The van der Waals surface area contributed by atoms with Crippen molar-refractivity contribution in [1.29, 1.82) is 0 Å². The Labute approximate surface area is 127 Å². The molecule has 20 heavy (non-hydrogen) atoms. The van der Waals surface area contributed by atoms with E-state index in [1.54, 1.807) is 12.1 Å². The SMILES string of the molecule is Cc1c(N)cc(Br)cc1C(=O)N[C@H](C)c1ccccc1. The Hall–Kier alpha value is -1.81. The summed E-state index contributed by atoms with van der Waals surface area (Å²) in [5, 5.41) is 2.99. The number of halogens is 1. The monoisotopic (exact) mass is 332 g/mol. The van der Waals surface area contributed by atoms with E-state index < -0.39 is 0 Å². The van der Waals surface area contributed by atoms with Gasteiger partial charge >= 0.3 is 0 Å². The van der Waals surface area contributed by atoms with Crippen molar-refractivity contribution in [1.82, 2.24) is 5.32 Å². The standard InChI is InChI=1S/C16H17BrN2O/c1-10-14(8-13(17)9-15(10)18)16(20)19-11(2)12-6-4-3-5-7-12/h3-9,11H,18H2,1-2H3,(H,19,20)/t11-/m1/s1. The quantitative estimate of drug-likeness (QED) is 0.839. The van der Waals surface area contributed by atoms with Crippen molar-refractivity contribution in [2.24, 2.45) is 0 Å². The highest BCUT2D eigenvalue weighted by molar-refractivity contribution is 9.10. The van der Waals surface area contributed by atoms with Gasteiger partial charge in [0.1, 0.15) is 0 Å².